The maximum Gasteiger partial charge on any atom is 0.261 e. The first-order valence-corrected chi connectivity index (χ1v) is 8.38. The van der Waals surface area contributed by atoms with Crippen LogP contribution >= 0.6 is 0 Å². The Labute approximate surface area is 151 Å². The maximum atomic E-state index is 12.6. The van der Waals surface area contributed by atoms with E-state index in [1.54, 1.807) is 43.3 Å². The van der Waals surface area contributed by atoms with Crippen molar-refractivity contribution in [3.05, 3.63) is 70.8 Å². The first-order chi connectivity index (χ1) is 12.5. The summed E-state index contributed by atoms with van der Waals surface area (Å²) in [7, 11) is 3.36. The molecule has 0 aliphatic carbocycles. The zero-order valence-corrected chi connectivity index (χ0v) is 15.0. The Balaban J connectivity index is 1.80. The summed E-state index contributed by atoms with van der Waals surface area (Å²) in [5.74, 6) is 0.978. The molecule has 134 valence electrons. The molecule has 3 aromatic rings. The van der Waals surface area contributed by atoms with Gasteiger partial charge in [-0.05, 0) is 31.2 Å². The lowest BCUT2D eigenvalue weighted by molar-refractivity contribution is -0.134. The maximum absolute atomic E-state index is 12.6. The molecule has 1 unspecified atom stereocenters. The normalized spacial score (nSPS) is 12.0. The molecule has 6 nitrogen and oxygen atoms in total. The second kappa shape index (κ2) is 7.39. The Kier molecular flexibility index (Phi) is 5.02. The summed E-state index contributed by atoms with van der Waals surface area (Å²) in [4.78, 5) is 31.2. The van der Waals surface area contributed by atoms with Crippen molar-refractivity contribution in [2.75, 3.05) is 13.7 Å². The number of rotatable bonds is 5. The third-order valence-electron chi connectivity index (χ3n) is 4.47. The highest BCUT2D eigenvalue weighted by Gasteiger charge is 2.22. The predicted octanol–water partition coefficient (Wildman–Crippen LogP) is 2.53. The van der Waals surface area contributed by atoms with Crippen LogP contribution in [-0.4, -0.2) is 34.0 Å². The Hall–Kier alpha value is -3.15. The van der Waals surface area contributed by atoms with Gasteiger partial charge in [-0.25, -0.2) is 4.98 Å². The average molecular weight is 351 g/mol. The molecule has 1 amide bonds. The van der Waals surface area contributed by atoms with Gasteiger partial charge >= 0.3 is 0 Å². The molecule has 0 saturated heterocycles. The SMILES string of the molecule is CC(c1nc2ccccc2c(=O)n1C)N(C)C(=O)COc1ccccc1. The van der Waals surface area contributed by atoms with Crippen molar-refractivity contribution in [1.29, 1.82) is 0 Å². The van der Waals surface area contributed by atoms with Crippen LogP contribution < -0.4 is 10.3 Å². The van der Waals surface area contributed by atoms with E-state index in [0.717, 1.165) is 0 Å². The van der Waals surface area contributed by atoms with Crippen LogP contribution in [0.4, 0.5) is 0 Å². The van der Waals surface area contributed by atoms with Gasteiger partial charge in [0.15, 0.2) is 6.61 Å². The topological polar surface area (TPSA) is 64.4 Å². The zero-order valence-electron chi connectivity index (χ0n) is 15.0. The van der Waals surface area contributed by atoms with E-state index in [-0.39, 0.29) is 24.1 Å². The number of carbonyl (C=O) groups is 1. The molecule has 0 radical (unpaired) electrons. The largest absolute Gasteiger partial charge is 0.484 e. The van der Waals surface area contributed by atoms with Gasteiger partial charge in [-0.15, -0.1) is 0 Å². The lowest BCUT2D eigenvalue weighted by atomic mass is 10.2. The second-order valence-electron chi connectivity index (χ2n) is 6.13. The van der Waals surface area contributed by atoms with Crippen molar-refractivity contribution in [2.24, 2.45) is 7.05 Å². The molecule has 0 aliphatic heterocycles. The highest BCUT2D eigenvalue weighted by atomic mass is 16.5. The summed E-state index contributed by atoms with van der Waals surface area (Å²) in [6.45, 7) is 1.77. The van der Waals surface area contributed by atoms with Gasteiger partial charge < -0.3 is 9.64 Å². The van der Waals surface area contributed by atoms with E-state index in [1.807, 2.05) is 37.3 Å². The molecule has 3 rings (SSSR count). The van der Waals surface area contributed by atoms with Crippen molar-refractivity contribution in [1.82, 2.24) is 14.5 Å². The molecule has 0 saturated carbocycles. The van der Waals surface area contributed by atoms with Gasteiger partial charge in [0.05, 0.1) is 16.9 Å². The van der Waals surface area contributed by atoms with Gasteiger partial charge in [0.1, 0.15) is 11.6 Å². The van der Waals surface area contributed by atoms with E-state index in [1.165, 1.54) is 4.57 Å². The summed E-state index contributed by atoms with van der Waals surface area (Å²) in [6, 6.07) is 16.0. The fraction of sp³-hybridized carbons (Fsp3) is 0.250. The van der Waals surface area contributed by atoms with Gasteiger partial charge in [-0.3, -0.25) is 14.2 Å². The van der Waals surface area contributed by atoms with E-state index in [4.69, 9.17) is 4.74 Å². The molecule has 0 fully saturated rings. The van der Waals surface area contributed by atoms with Gasteiger partial charge in [0.2, 0.25) is 0 Å². The van der Waals surface area contributed by atoms with Crippen LogP contribution in [0, 0.1) is 0 Å². The van der Waals surface area contributed by atoms with Gasteiger partial charge in [-0.1, -0.05) is 30.3 Å². The number of hydrogen-bond donors (Lipinski definition) is 0. The molecule has 1 atom stereocenters. The molecule has 1 heterocycles. The molecule has 6 heteroatoms. The number of likely N-dealkylation sites (N-methyl/N-ethyl adjacent to an activating group) is 1. The summed E-state index contributed by atoms with van der Waals surface area (Å²) >= 11 is 0. The quantitative estimate of drug-likeness (QED) is 0.709. The van der Waals surface area contributed by atoms with E-state index in [9.17, 15) is 9.59 Å². The van der Waals surface area contributed by atoms with E-state index in [0.29, 0.717) is 22.5 Å². The smallest absolute Gasteiger partial charge is 0.261 e. The molecule has 0 bridgehead atoms. The lowest BCUT2D eigenvalue weighted by Crippen LogP contribution is -2.37. The molecule has 0 N–H and O–H groups in total. The molecule has 26 heavy (non-hydrogen) atoms. The molecule has 0 aliphatic rings. The van der Waals surface area contributed by atoms with Crippen LogP contribution in [0.25, 0.3) is 10.9 Å². The summed E-state index contributed by atoms with van der Waals surface area (Å²) in [6.07, 6.45) is 0. The number of fused-ring (bicyclic) bond motifs is 1. The zero-order chi connectivity index (χ0) is 18.7. The number of benzene rings is 2. The van der Waals surface area contributed by atoms with Crippen LogP contribution in [0.3, 0.4) is 0 Å². The number of ether oxygens (including phenoxy) is 1. The number of carbonyl (C=O) groups excluding carboxylic acids is 1. The highest BCUT2D eigenvalue weighted by Crippen LogP contribution is 2.18. The summed E-state index contributed by atoms with van der Waals surface area (Å²) in [5, 5.41) is 0.562. The minimum absolute atomic E-state index is 0.0770. The van der Waals surface area contributed by atoms with Crippen molar-refractivity contribution in [2.45, 2.75) is 13.0 Å². The standard InChI is InChI=1S/C20H21N3O3/c1-14(22(2)18(24)13-26-15-9-5-4-6-10-15)19-21-17-12-8-7-11-16(17)20(25)23(19)3/h4-12,14H,13H2,1-3H3. The number of amides is 1. The Morgan fingerprint density at radius 1 is 1.15 bits per heavy atom. The number of nitrogens with zero attached hydrogens (tertiary/aromatic N) is 3. The Morgan fingerprint density at radius 2 is 1.81 bits per heavy atom. The van der Waals surface area contributed by atoms with Crippen LogP contribution in [0.15, 0.2) is 59.4 Å². The minimum atomic E-state index is -0.371. The summed E-state index contributed by atoms with van der Waals surface area (Å²) in [5.41, 5.74) is 0.498. The molecular weight excluding hydrogens is 330 g/mol. The highest BCUT2D eigenvalue weighted by molar-refractivity contribution is 5.79. The molecule has 1 aromatic heterocycles. The van der Waals surface area contributed by atoms with Crippen LogP contribution in [0.2, 0.25) is 0 Å². The van der Waals surface area contributed by atoms with Crippen LogP contribution in [0.5, 0.6) is 5.75 Å². The third kappa shape index (κ3) is 3.44. The molecule has 2 aromatic carbocycles. The van der Waals surface area contributed by atoms with Crippen molar-refractivity contribution < 1.29 is 9.53 Å². The number of para-hydroxylation sites is 2. The Bertz CT molecular complexity index is 983. The van der Waals surface area contributed by atoms with Gasteiger partial charge in [0, 0.05) is 14.1 Å². The fourth-order valence-electron chi connectivity index (χ4n) is 2.76. The Morgan fingerprint density at radius 3 is 2.54 bits per heavy atom. The fourth-order valence-corrected chi connectivity index (χ4v) is 2.76. The predicted molar refractivity (Wildman–Crippen MR) is 100 cm³/mol. The van der Waals surface area contributed by atoms with E-state index in [2.05, 4.69) is 4.98 Å². The molecule has 0 spiro atoms. The van der Waals surface area contributed by atoms with Crippen molar-refractivity contribution in [3.8, 4) is 5.75 Å². The minimum Gasteiger partial charge on any atom is -0.484 e. The third-order valence-corrected chi connectivity index (χ3v) is 4.47. The number of hydrogen-bond acceptors (Lipinski definition) is 4. The second-order valence-corrected chi connectivity index (χ2v) is 6.13. The average Bonchev–Trinajstić information content (AvgIpc) is 2.68. The first-order valence-electron chi connectivity index (χ1n) is 8.38. The van der Waals surface area contributed by atoms with Crippen molar-refractivity contribution >= 4 is 16.8 Å². The van der Waals surface area contributed by atoms with Crippen molar-refractivity contribution in [3.63, 3.8) is 0 Å². The van der Waals surface area contributed by atoms with E-state index >= 15 is 0 Å². The molecular formula is C20H21N3O3. The monoisotopic (exact) mass is 351 g/mol. The van der Waals surface area contributed by atoms with Crippen LogP contribution in [0.1, 0.15) is 18.8 Å². The number of aromatic nitrogens is 2. The van der Waals surface area contributed by atoms with Gasteiger partial charge in [-0.2, -0.15) is 0 Å². The summed E-state index contributed by atoms with van der Waals surface area (Å²) < 4.78 is 7.01. The van der Waals surface area contributed by atoms with Crippen LogP contribution in [-0.2, 0) is 11.8 Å². The van der Waals surface area contributed by atoms with Gasteiger partial charge in [0.25, 0.3) is 11.5 Å². The lowest BCUT2D eigenvalue weighted by Gasteiger charge is -2.26. The first kappa shape index (κ1) is 17.7. The van der Waals surface area contributed by atoms with E-state index < -0.39 is 0 Å².